The minimum atomic E-state index is -0.612. The first-order valence-electron chi connectivity index (χ1n) is 5.77. The lowest BCUT2D eigenvalue weighted by Crippen LogP contribution is -2.34. The third-order valence-electron chi connectivity index (χ3n) is 2.85. The molecule has 20 heavy (non-hydrogen) atoms. The normalized spacial score (nSPS) is 13.9. The van der Waals surface area contributed by atoms with Crippen LogP contribution in [0.1, 0.15) is 6.92 Å². The number of ether oxygens (including phenoxy) is 1. The van der Waals surface area contributed by atoms with E-state index in [0.717, 1.165) is 0 Å². The number of phenols is 2. The lowest BCUT2D eigenvalue weighted by molar-refractivity contribution is -0.135. The smallest absolute Gasteiger partial charge is 0.327 e. The monoisotopic (exact) mass is 498 g/mol. The molecule has 0 saturated carbocycles. The van der Waals surface area contributed by atoms with Crippen molar-refractivity contribution in [1.29, 1.82) is 0 Å². The van der Waals surface area contributed by atoms with Crippen LogP contribution in [0.25, 0.3) is 10.8 Å². The minimum absolute atomic E-state index is 0.202. The summed E-state index contributed by atoms with van der Waals surface area (Å²) in [7, 11) is 0. The van der Waals surface area contributed by atoms with Gasteiger partial charge in [0.15, 0.2) is 11.5 Å². The molecule has 0 aliphatic rings. The van der Waals surface area contributed by atoms with Crippen LogP contribution in [0.2, 0.25) is 0 Å². The number of alkyl halides is 2. The van der Waals surface area contributed by atoms with Crippen molar-refractivity contribution >= 4 is 61.9 Å². The van der Waals surface area contributed by atoms with Gasteiger partial charge in [-0.05, 0) is 25.1 Å². The Labute approximate surface area is 143 Å². The number of hydrogen-bond acceptors (Lipinski definition) is 4. The van der Waals surface area contributed by atoms with Crippen LogP contribution in [0.3, 0.4) is 0 Å². The molecule has 0 heterocycles. The highest BCUT2D eigenvalue weighted by Crippen LogP contribution is 2.38. The zero-order valence-corrected chi connectivity index (χ0v) is 14.9. The molecular weight excluding hydrogens is 486 g/mol. The summed E-state index contributed by atoms with van der Waals surface area (Å²) in [6, 6.07) is 7.97. The number of esters is 1. The molecule has 0 spiro atoms. The molecule has 1 unspecified atom stereocenters. The summed E-state index contributed by atoms with van der Waals surface area (Å²) in [5.74, 6) is -0.387. The predicted molar refractivity (Wildman–Crippen MR) is 94.2 cm³/mol. The molecule has 106 valence electrons. The Hall–Kier alpha value is -0.770. The summed E-state index contributed by atoms with van der Waals surface area (Å²) >= 11 is 4.19. The van der Waals surface area contributed by atoms with Gasteiger partial charge in [-0.2, -0.15) is 0 Å². The second-order valence-electron chi connectivity index (χ2n) is 4.51. The van der Waals surface area contributed by atoms with Crippen molar-refractivity contribution in [2.24, 2.45) is 0 Å². The standard InChI is InChI=1S/C14H12I2O4/c1-14(16,7-15)13(19)20-11-4-2-3-9-8(11)5-6-10(17)12(9)18/h2-6,17-18H,7H2,1H3. The number of phenolic OH excluding ortho intramolecular Hbond substituents is 2. The fourth-order valence-corrected chi connectivity index (χ4v) is 2.07. The van der Waals surface area contributed by atoms with Crippen LogP contribution in [0, 0.1) is 0 Å². The molecule has 0 bridgehead atoms. The van der Waals surface area contributed by atoms with E-state index in [1.165, 1.54) is 6.07 Å². The first-order chi connectivity index (χ1) is 9.36. The summed E-state index contributed by atoms with van der Waals surface area (Å²) < 4.78 is 5.45. The average molecular weight is 498 g/mol. The van der Waals surface area contributed by atoms with Gasteiger partial charge in [-0.15, -0.1) is 0 Å². The van der Waals surface area contributed by atoms with Crippen molar-refractivity contribution in [3.05, 3.63) is 30.3 Å². The lowest BCUT2D eigenvalue weighted by Gasteiger charge is -2.18. The molecule has 1 atom stereocenters. The Bertz CT molecular complexity index is 668. The Kier molecular flexibility index (Phi) is 4.62. The van der Waals surface area contributed by atoms with Gasteiger partial charge in [0.25, 0.3) is 0 Å². The SMILES string of the molecule is CC(I)(CI)C(=O)Oc1cccc2c(O)c(O)ccc12. The van der Waals surface area contributed by atoms with Crippen molar-refractivity contribution in [3.63, 3.8) is 0 Å². The van der Waals surface area contributed by atoms with Gasteiger partial charge in [0.2, 0.25) is 0 Å². The lowest BCUT2D eigenvalue weighted by atomic mass is 10.1. The molecule has 6 heteroatoms. The van der Waals surface area contributed by atoms with Crippen LogP contribution in [0.15, 0.2) is 30.3 Å². The van der Waals surface area contributed by atoms with E-state index in [-0.39, 0.29) is 17.5 Å². The minimum Gasteiger partial charge on any atom is -0.504 e. The molecule has 2 aromatic carbocycles. The molecule has 0 aromatic heterocycles. The number of aromatic hydroxyl groups is 2. The number of fused-ring (bicyclic) bond motifs is 1. The molecule has 0 aliphatic heterocycles. The van der Waals surface area contributed by atoms with Crippen molar-refractivity contribution in [3.8, 4) is 17.2 Å². The maximum absolute atomic E-state index is 12.1. The highest BCUT2D eigenvalue weighted by atomic mass is 127. The van der Waals surface area contributed by atoms with Crippen molar-refractivity contribution in [2.45, 2.75) is 10.3 Å². The zero-order valence-electron chi connectivity index (χ0n) is 10.6. The second kappa shape index (κ2) is 5.92. The molecule has 0 aliphatic carbocycles. The van der Waals surface area contributed by atoms with Crippen LogP contribution < -0.4 is 4.74 Å². The third kappa shape index (κ3) is 2.95. The second-order valence-corrected chi connectivity index (χ2v) is 7.65. The fraction of sp³-hybridized carbons (Fsp3) is 0.214. The van der Waals surface area contributed by atoms with Gasteiger partial charge in [-0.1, -0.05) is 57.3 Å². The summed E-state index contributed by atoms with van der Waals surface area (Å²) in [5.41, 5.74) is 0. The molecule has 0 fully saturated rings. The van der Waals surface area contributed by atoms with Crippen LogP contribution in [0.4, 0.5) is 0 Å². The summed E-state index contributed by atoms with van der Waals surface area (Å²) in [4.78, 5) is 12.1. The highest BCUT2D eigenvalue weighted by molar-refractivity contribution is 14.1. The highest BCUT2D eigenvalue weighted by Gasteiger charge is 2.31. The molecule has 2 aromatic rings. The maximum Gasteiger partial charge on any atom is 0.327 e. The van der Waals surface area contributed by atoms with Crippen LogP contribution in [0.5, 0.6) is 17.2 Å². The molecular formula is C14H12I2O4. The quantitative estimate of drug-likeness (QED) is 0.223. The molecule has 2 rings (SSSR count). The maximum atomic E-state index is 12.1. The number of benzene rings is 2. The van der Waals surface area contributed by atoms with E-state index in [1.54, 1.807) is 31.2 Å². The van der Waals surface area contributed by atoms with E-state index in [0.29, 0.717) is 20.9 Å². The van der Waals surface area contributed by atoms with E-state index < -0.39 is 3.42 Å². The Morgan fingerprint density at radius 1 is 1.25 bits per heavy atom. The molecule has 0 radical (unpaired) electrons. The van der Waals surface area contributed by atoms with Gasteiger partial charge in [-0.3, -0.25) is 4.79 Å². The summed E-state index contributed by atoms with van der Waals surface area (Å²) in [5, 5.41) is 20.4. The van der Waals surface area contributed by atoms with E-state index in [9.17, 15) is 15.0 Å². The third-order valence-corrected chi connectivity index (χ3v) is 6.66. The average Bonchev–Trinajstić information content (AvgIpc) is 2.43. The number of rotatable bonds is 3. The largest absolute Gasteiger partial charge is 0.504 e. The number of hydrogen-bond donors (Lipinski definition) is 2. The zero-order chi connectivity index (χ0) is 14.9. The van der Waals surface area contributed by atoms with E-state index in [1.807, 2.05) is 0 Å². The van der Waals surface area contributed by atoms with Gasteiger partial charge in [0.1, 0.15) is 9.17 Å². The van der Waals surface area contributed by atoms with Crippen LogP contribution in [-0.2, 0) is 4.79 Å². The Morgan fingerprint density at radius 3 is 2.60 bits per heavy atom. The van der Waals surface area contributed by atoms with Crippen LogP contribution >= 0.6 is 45.2 Å². The fourth-order valence-electron chi connectivity index (χ4n) is 1.65. The summed E-state index contributed by atoms with van der Waals surface area (Å²) in [6.45, 7) is 1.80. The Balaban J connectivity index is 2.46. The van der Waals surface area contributed by atoms with Crippen molar-refractivity contribution in [2.75, 3.05) is 4.43 Å². The number of halogens is 2. The first kappa shape index (κ1) is 15.6. The van der Waals surface area contributed by atoms with E-state index >= 15 is 0 Å². The van der Waals surface area contributed by atoms with Gasteiger partial charge >= 0.3 is 5.97 Å². The number of carbonyl (C=O) groups excluding carboxylic acids is 1. The van der Waals surface area contributed by atoms with Gasteiger partial charge in [-0.25, -0.2) is 0 Å². The molecule has 4 nitrogen and oxygen atoms in total. The molecule has 0 saturated heterocycles. The molecule has 2 N–H and O–H groups in total. The van der Waals surface area contributed by atoms with Crippen molar-refractivity contribution in [1.82, 2.24) is 0 Å². The van der Waals surface area contributed by atoms with E-state index in [4.69, 9.17) is 4.74 Å². The predicted octanol–water partition coefficient (Wildman–Crippen LogP) is 3.79. The number of carbonyl (C=O) groups is 1. The Morgan fingerprint density at radius 2 is 1.95 bits per heavy atom. The first-order valence-corrected chi connectivity index (χ1v) is 8.38. The molecule has 0 amide bonds. The van der Waals surface area contributed by atoms with Gasteiger partial charge in [0.05, 0.1) is 0 Å². The van der Waals surface area contributed by atoms with Gasteiger partial charge < -0.3 is 14.9 Å². The van der Waals surface area contributed by atoms with Crippen molar-refractivity contribution < 1.29 is 19.7 Å². The summed E-state index contributed by atoms with van der Waals surface area (Å²) in [6.07, 6.45) is 0. The van der Waals surface area contributed by atoms with Crippen LogP contribution in [-0.4, -0.2) is 24.0 Å². The van der Waals surface area contributed by atoms with E-state index in [2.05, 4.69) is 45.2 Å². The topological polar surface area (TPSA) is 66.8 Å². The van der Waals surface area contributed by atoms with Gasteiger partial charge in [0, 0.05) is 15.2 Å².